The zero-order valence-corrected chi connectivity index (χ0v) is 13.4. The third-order valence-electron chi connectivity index (χ3n) is 4.52. The maximum Gasteiger partial charge on any atom is 0.251 e. The highest BCUT2D eigenvalue weighted by molar-refractivity contribution is 5.99. The molecule has 22 heavy (non-hydrogen) atoms. The topological polar surface area (TPSA) is 84.2 Å². The van der Waals surface area contributed by atoms with Gasteiger partial charge in [-0.2, -0.15) is 0 Å². The number of amides is 2. The van der Waals surface area contributed by atoms with Gasteiger partial charge in [-0.3, -0.25) is 9.59 Å². The van der Waals surface area contributed by atoms with Crippen LogP contribution in [-0.4, -0.2) is 24.9 Å². The van der Waals surface area contributed by atoms with Crippen molar-refractivity contribution >= 4 is 17.5 Å². The van der Waals surface area contributed by atoms with Crippen LogP contribution in [0.1, 0.15) is 48.5 Å². The Morgan fingerprint density at radius 1 is 1.27 bits per heavy atom. The van der Waals surface area contributed by atoms with Crippen molar-refractivity contribution in [3.8, 4) is 0 Å². The minimum absolute atomic E-state index is 0.0244. The van der Waals surface area contributed by atoms with E-state index in [1.165, 1.54) is 0 Å². The molecule has 0 unspecified atom stereocenters. The molecule has 1 saturated carbocycles. The molecular weight excluding hydrogens is 278 g/mol. The van der Waals surface area contributed by atoms with Crippen molar-refractivity contribution < 1.29 is 9.59 Å². The molecule has 1 aliphatic carbocycles. The molecule has 1 aliphatic rings. The van der Waals surface area contributed by atoms with Gasteiger partial charge in [-0.25, -0.2) is 0 Å². The van der Waals surface area contributed by atoms with Gasteiger partial charge in [0.2, 0.25) is 5.91 Å². The summed E-state index contributed by atoms with van der Waals surface area (Å²) in [5.74, 6) is -0.156. The summed E-state index contributed by atoms with van der Waals surface area (Å²) in [6, 6.07) is 5.35. The molecule has 0 aliphatic heterocycles. The average molecular weight is 303 g/mol. The van der Waals surface area contributed by atoms with Crippen LogP contribution in [-0.2, 0) is 4.79 Å². The van der Waals surface area contributed by atoms with Gasteiger partial charge in [-0.05, 0) is 44.4 Å². The summed E-state index contributed by atoms with van der Waals surface area (Å²) in [5.41, 5.74) is 7.58. The Kier molecular flexibility index (Phi) is 5.19. The van der Waals surface area contributed by atoms with E-state index < -0.39 is 5.41 Å². The van der Waals surface area contributed by atoms with E-state index in [0.29, 0.717) is 24.3 Å². The highest BCUT2D eigenvalue weighted by Gasteiger charge is 2.39. The van der Waals surface area contributed by atoms with E-state index >= 15 is 0 Å². The van der Waals surface area contributed by atoms with Crippen molar-refractivity contribution in [1.82, 2.24) is 5.32 Å². The zero-order chi connectivity index (χ0) is 16.2. The largest absolute Gasteiger partial charge is 0.352 e. The summed E-state index contributed by atoms with van der Waals surface area (Å²) in [6.45, 7) is 4.74. The smallest absolute Gasteiger partial charge is 0.251 e. The molecule has 1 fully saturated rings. The quantitative estimate of drug-likeness (QED) is 0.779. The van der Waals surface area contributed by atoms with E-state index in [1.54, 1.807) is 12.1 Å². The molecule has 1 aromatic rings. The second-order valence-electron chi connectivity index (χ2n) is 6.03. The molecule has 0 bridgehead atoms. The Morgan fingerprint density at radius 3 is 2.55 bits per heavy atom. The Hall–Kier alpha value is -1.88. The van der Waals surface area contributed by atoms with Crippen LogP contribution >= 0.6 is 0 Å². The van der Waals surface area contributed by atoms with Crippen molar-refractivity contribution in [1.29, 1.82) is 0 Å². The van der Waals surface area contributed by atoms with Crippen LogP contribution in [0.3, 0.4) is 0 Å². The molecule has 0 heterocycles. The fraction of sp³-hybridized carbons (Fsp3) is 0.529. The molecule has 0 radical (unpaired) electrons. The first-order valence-corrected chi connectivity index (χ1v) is 7.93. The van der Waals surface area contributed by atoms with Gasteiger partial charge in [0, 0.05) is 24.3 Å². The molecule has 5 nitrogen and oxygen atoms in total. The van der Waals surface area contributed by atoms with Crippen LogP contribution in [0, 0.1) is 12.3 Å². The van der Waals surface area contributed by atoms with Gasteiger partial charge in [0.1, 0.15) is 0 Å². The lowest BCUT2D eigenvalue weighted by Crippen LogP contribution is -2.40. The SMILES string of the molecule is CCNC(=O)c1ccc(C)c(NC(=O)C2(CN)CCCC2)c1. The van der Waals surface area contributed by atoms with E-state index in [1.807, 2.05) is 19.9 Å². The number of nitrogens with one attached hydrogen (secondary N) is 2. The van der Waals surface area contributed by atoms with Gasteiger partial charge in [0.15, 0.2) is 0 Å². The van der Waals surface area contributed by atoms with Crippen LogP contribution in [0.25, 0.3) is 0 Å². The van der Waals surface area contributed by atoms with E-state index in [2.05, 4.69) is 10.6 Å². The monoisotopic (exact) mass is 303 g/mol. The number of rotatable bonds is 5. The van der Waals surface area contributed by atoms with E-state index in [4.69, 9.17) is 5.73 Å². The number of hydrogen-bond donors (Lipinski definition) is 3. The molecule has 0 saturated heterocycles. The molecule has 0 atom stereocenters. The molecule has 0 spiro atoms. The van der Waals surface area contributed by atoms with Gasteiger partial charge < -0.3 is 16.4 Å². The van der Waals surface area contributed by atoms with Gasteiger partial charge >= 0.3 is 0 Å². The van der Waals surface area contributed by atoms with Crippen LogP contribution in [0.15, 0.2) is 18.2 Å². The van der Waals surface area contributed by atoms with Crippen LogP contribution in [0.5, 0.6) is 0 Å². The summed E-state index contributed by atoms with van der Waals surface area (Å²) < 4.78 is 0. The summed E-state index contributed by atoms with van der Waals surface area (Å²) >= 11 is 0. The molecular formula is C17H25N3O2. The fourth-order valence-corrected chi connectivity index (χ4v) is 2.99. The zero-order valence-electron chi connectivity index (χ0n) is 13.4. The van der Waals surface area contributed by atoms with Gasteiger partial charge in [0.25, 0.3) is 5.91 Å². The number of anilines is 1. The van der Waals surface area contributed by atoms with Crippen molar-refractivity contribution in [2.45, 2.75) is 39.5 Å². The summed E-state index contributed by atoms with van der Waals surface area (Å²) in [4.78, 5) is 24.6. The highest BCUT2D eigenvalue weighted by Crippen LogP contribution is 2.38. The van der Waals surface area contributed by atoms with E-state index in [-0.39, 0.29) is 11.8 Å². The number of aryl methyl sites for hydroxylation is 1. The Balaban J connectivity index is 2.19. The predicted molar refractivity (Wildman–Crippen MR) is 87.8 cm³/mol. The van der Waals surface area contributed by atoms with Crippen molar-refractivity contribution in [3.63, 3.8) is 0 Å². The summed E-state index contributed by atoms with van der Waals surface area (Å²) in [7, 11) is 0. The third-order valence-corrected chi connectivity index (χ3v) is 4.52. The number of hydrogen-bond acceptors (Lipinski definition) is 3. The number of benzene rings is 1. The second kappa shape index (κ2) is 6.92. The van der Waals surface area contributed by atoms with Crippen molar-refractivity contribution in [2.24, 2.45) is 11.1 Å². The van der Waals surface area contributed by atoms with Crippen LogP contribution in [0.4, 0.5) is 5.69 Å². The number of nitrogens with two attached hydrogens (primary N) is 1. The van der Waals surface area contributed by atoms with Gasteiger partial charge in [-0.1, -0.05) is 18.9 Å². The second-order valence-corrected chi connectivity index (χ2v) is 6.03. The Bertz CT molecular complexity index is 563. The summed E-state index contributed by atoms with van der Waals surface area (Å²) in [5, 5.41) is 5.75. The lowest BCUT2D eigenvalue weighted by atomic mass is 9.85. The molecule has 0 aromatic heterocycles. The molecule has 120 valence electrons. The van der Waals surface area contributed by atoms with Crippen molar-refractivity contribution in [3.05, 3.63) is 29.3 Å². The standard InChI is InChI=1S/C17H25N3O2/c1-3-19-15(21)13-7-6-12(2)14(10-13)20-16(22)17(11-18)8-4-5-9-17/h6-7,10H,3-5,8-9,11,18H2,1-2H3,(H,19,21)(H,20,22). The Morgan fingerprint density at radius 2 is 1.95 bits per heavy atom. The predicted octanol–water partition coefficient (Wildman–Crippen LogP) is 2.20. The lowest BCUT2D eigenvalue weighted by molar-refractivity contribution is -0.124. The highest BCUT2D eigenvalue weighted by atomic mass is 16.2. The molecule has 5 heteroatoms. The van der Waals surface area contributed by atoms with E-state index in [9.17, 15) is 9.59 Å². The van der Waals surface area contributed by atoms with Gasteiger partial charge in [-0.15, -0.1) is 0 Å². The maximum absolute atomic E-state index is 12.6. The number of carbonyl (C=O) groups is 2. The number of carbonyl (C=O) groups excluding carboxylic acids is 2. The third kappa shape index (κ3) is 3.30. The van der Waals surface area contributed by atoms with Crippen molar-refractivity contribution in [2.75, 3.05) is 18.4 Å². The first-order chi connectivity index (χ1) is 10.5. The first kappa shape index (κ1) is 16.5. The lowest BCUT2D eigenvalue weighted by Gasteiger charge is -2.26. The molecule has 2 rings (SSSR count). The average Bonchev–Trinajstić information content (AvgIpc) is 3.00. The molecule has 4 N–H and O–H groups in total. The minimum atomic E-state index is -0.450. The van der Waals surface area contributed by atoms with Gasteiger partial charge in [0.05, 0.1) is 5.41 Å². The first-order valence-electron chi connectivity index (χ1n) is 7.93. The maximum atomic E-state index is 12.6. The summed E-state index contributed by atoms with van der Waals surface area (Å²) in [6.07, 6.45) is 3.76. The molecule has 2 amide bonds. The minimum Gasteiger partial charge on any atom is -0.352 e. The molecule has 1 aromatic carbocycles. The van der Waals surface area contributed by atoms with E-state index in [0.717, 1.165) is 31.2 Å². The van der Waals surface area contributed by atoms with Crippen LogP contribution < -0.4 is 16.4 Å². The Labute approximate surface area is 131 Å². The van der Waals surface area contributed by atoms with Crippen LogP contribution in [0.2, 0.25) is 0 Å². The normalized spacial score (nSPS) is 16.3. The fourth-order valence-electron chi connectivity index (χ4n) is 2.99.